The van der Waals surface area contributed by atoms with Crippen molar-refractivity contribution < 1.29 is 34.5 Å². The van der Waals surface area contributed by atoms with E-state index in [1.54, 1.807) is 6.20 Å². The first-order chi connectivity index (χ1) is 15.2. The largest absolute Gasteiger partial charge is 0.480 e. The molecule has 0 fully saturated rings. The number of aromatic nitrogens is 1. The van der Waals surface area contributed by atoms with E-state index >= 15 is 0 Å². The number of aliphatic hydroxyl groups is 2. The van der Waals surface area contributed by atoms with Gasteiger partial charge in [-0.1, -0.05) is 18.2 Å². The van der Waals surface area contributed by atoms with Crippen LogP contribution in [0.2, 0.25) is 0 Å². The van der Waals surface area contributed by atoms with E-state index in [0.29, 0.717) is 5.56 Å². The molecular formula is C20H27N5O7. The Kier molecular flexibility index (Phi) is 8.70. The summed E-state index contributed by atoms with van der Waals surface area (Å²) in [7, 11) is 0. The van der Waals surface area contributed by atoms with Gasteiger partial charge in [0.15, 0.2) is 0 Å². The van der Waals surface area contributed by atoms with E-state index < -0.39 is 61.1 Å². The standard InChI is InChI=1S/C20H27N5O7/c1-10(23-18(29)13(21)8-26)17(28)24-15(19(30)25-16(9-27)20(31)32)6-11-7-22-14-5-3-2-4-12(11)14/h2-5,7,10,13,15-16,22,26-27H,6,8-9,21H2,1H3,(H,23,29)(H,24,28)(H,25,30)(H,31,32). The van der Waals surface area contributed by atoms with Gasteiger partial charge in [0.25, 0.3) is 0 Å². The number of hydrogen-bond donors (Lipinski definition) is 8. The predicted octanol–water partition coefficient (Wildman–Crippen LogP) is -2.42. The number of hydrogen-bond acceptors (Lipinski definition) is 7. The highest BCUT2D eigenvalue weighted by atomic mass is 16.4. The van der Waals surface area contributed by atoms with Gasteiger partial charge in [-0.05, 0) is 18.6 Å². The van der Waals surface area contributed by atoms with Crippen LogP contribution >= 0.6 is 0 Å². The molecule has 1 aromatic heterocycles. The Hall–Kier alpha value is -3.48. The molecule has 0 saturated carbocycles. The number of carboxylic acid groups (broad SMARTS) is 1. The Balaban J connectivity index is 2.21. The van der Waals surface area contributed by atoms with Crippen LogP contribution in [0.4, 0.5) is 0 Å². The summed E-state index contributed by atoms with van der Waals surface area (Å²) in [6.45, 7) is -0.0738. The van der Waals surface area contributed by atoms with Gasteiger partial charge in [-0.15, -0.1) is 0 Å². The fraction of sp³-hybridized carbons (Fsp3) is 0.400. The smallest absolute Gasteiger partial charge is 0.328 e. The summed E-state index contributed by atoms with van der Waals surface area (Å²) in [5.41, 5.74) is 6.92. The average molecular weight is 449 g/mol. The van der Waals surface area contributed by atoms with E-state index in [0.717, 1.165) is 10.9 Å². The maximum absolute atomic E-state index is 12.8. The molecule has 174 valence electrons. The molecule has 0 aliphatic carbocycles. The van der Waals surface area contributed by atoms with Crippen LogP contribution in [0.25, 0.3) is 10.9 Å². The zero-order valence-electron chi connectivity index (χ0n) is 17.4. The molecule has 1 aromatic carbocycles. The molecule has 0 spiro atoms. The second-order valence-electron chi connectivity index (χ2n) is 7.23. The molecule has 12 heteroatoms. The van der Waals surface area contributed by atoms with Gasteiger partial charge in [0, 0.05) is 23.5 Å². The molecule has 0 saturated heterocycles. The number of amides is 3. The molecule has 32 heavy (non-hydrogen) atoms. The molecule has 12 nitrogen and oxygen atoms in total. The quantitative estimate of drug-likeness (QED) is 0.185. The molecule has 0 aliphatic rings. The van der Waals surface area contributed by atoms with Crippen molar-refractivity contribution in [2.75, 3.05) is 13.2 Å². The van der Waals surface area contributed by atoms with Gasteiger partial charge in [-0.2, -0.15) is 0 Å². The van der Waals surface area contributed by atoms with Crippen LogP contribution in [0.3, 0.4) is 0 Å². The van der Waals surface area contributed by atoms with Gasteiger partial charge in [0.2, 0.25) is 17.7 Å². The van der Waals surface area contributed by atoms with Crippen LogP contribution in [-0.2, 0) is 25.6 Å². The summed E-state index contributed by atoms with van der Waals surface area (Å²) in [6, 6.07) is 2.23. The normalized spacial score (nSPS) is 14.8. The molecule has 0 bridgehead atoms. The number of H-pyrrole nitrogens is 1. The number of aliphatic hydroxyl groups excluding tert-OH is 2. The van der Waals surface area contributed by atoms with E-state index in [2.05, 4.69) is 20.9 Å². The Bertz CT molecular complexity index is 976. The van der Waals surface area contributed by atoms with Gasteiger partial charge in [0.05, 0.1) is 13.2 Å². The van der Waals surface area contributed by atoms with Crippen molar-refractivity contribution in [2.24, 2.45) is 5.73 Å². The molecule has 0 aliphatic heterocycles. The highest BCUT2D eigenvalue weighted by molar-refractivity contribution is 5.94. The zero-order chi connectivity index (χ0) is 23.8. The number of carbonyl (C=O) groups excluding carboxylic acids is 3. The zero-order valence-corrected chi connectivity index (χ0v) is 17.4. The molecule has 2 aromatic rings. The lowest BCUT2D eigenvalue weighted by Gasteiger charge is -2.23. The maximum atomic E-state index is 12.8. The number of nitrogens with one attached hydrogen (secondary N) is 4. The first kappa shape index (κ1) is 24.8. The summed E-state index contributed by atoms with van der Waals surface area (Å²) >= 11 is 0. The second-order valence-corrected chi connectivity index (χ2v) is 7.23. The van der Waals surface area contributed by atoms with Gasteiger partial charge in [0.1, 0.15) is 24.2 Å². The van der Waals surface area contributed by atoms with Crippen molar-refractivity contribution in [3.63, 3.8) is 0 Å². The van der Waals surface area contributed by atoms with Crippen LogP contribution in [0.1, 0.15) is 12.5 Å². The Morgan fingerprint density at radius 1 is 0.969 bits per heavy atom. The average Bonchev–Trinajstić information content (AvgIpc) is 3.18. The number of para-hydroxylation sites is 1. The number of carboxylic acids is 1. The van der Waals surface area contributed by atoms with Crippen LogP contribution in [0, 0.1) is 0 Å². The summed E-state index contributed by atoms with van der Waals surface area (Å²) in [5.74, 6) is -3.73. The van der Waals surface area contributed by atoms with Crippen molar-refractivity contribution in [1.29, 1.82) is 0 Å². The fourth-order valence-electron chi connectivity index (χ4n) is 2.95. The number of benzene rings is 1. The highest BCUT2D eigenvalue weighted by Crippen LogP contribution is 2.19. The summed E-state index contributed by atoms with van der Waals surface area (Å²) in [5, 5.41) is 35.1. The highest BCUT2D eigenvalue weighted by Gasteiger charge is 2.29. The number of nitrogens with two attached hydrogens (primary N) is 1. The molecule has 9 N–H and O–H groups in total. The Morgan fingerprint density at radius 2 is 1.62 bits per heavy atom. The van der Waals surface area contributed by atoms with E-state index in [4.69, 9.17) is 15.9 Å². The summed E-state index contributed by atoms with van der Waals surface area (Å²) in [6.07, 6.45) is 1.68. The molecule has 4 unspecified atom stereocenters. The molecule has 0 radical (unpaired) electrons. The van der Waals surface area contributed by atoms with E-state index in [1.165, 1.54) is 6.92 Å². The molecule has 4 atom stereocenters. The van der Waals surface area contributed by atoms with Crippen molar-refractivity contribution in [3.05, 3.63) is 36.0 Å². The molecule has 2 rings (SSSR count). The van der Waals surface area contributed by atoms with Crippen molar-refractivity contribution in [3.8, 4) is 0 Å². The minimum absolute atomic E-state index is 0.0101. The monoisotopic (exact) mass is 449 g/mol. The van der Waals surface area contributed by atoms with Crippen LogP contribution in [0.15, 0.2) is 30.5 Å². The van der Waals surface area contributed by atoms with Gasteiger partial charge in [-0.3, -0.25) is 14.4 Å². The predicted molar refractivity (Wildman–Crippen MR) is 113 cm³/mol. The second kappa shape index (κ2) is 11.2. The fourth-order valence-corrected chi connectivity index (χ4v) is 2.95. The van der Waals surface area contributed by atoms with E-state index in [-0.39, 0.29) is 6.42 Å². The Labute approximate surface area is 183 Å². The first-order valence-corrected chi connectivity index (χ1v) is 9.84. The van der Waals surface area contributed by atoms with Crippen molar-refractivity contribution >= 4 is 34.6 Å². The first-order valence-electron chi connectivity index (χ1n) is 9.84. The Morgan fingerprint density at radius 3 is 2.25 bits per heavy atom. The van der Waals surface area contributed by atoms with Crippen LogP contribution < -0.4 is 21.7 Å². The van der Waals surface area contributed by atoms with Crippen molar-refractivity contribution in [1.82, 2.24) is 20.9 Å². The van der Waals surface area contributed by atoms with Crippen molar-refractivity contribution in [2.45, 2.75) is 37.5 Å². The van der Waals surface area contributed by atoms with Crippen LogP contribution in [0.5, 0.6) is 0 Å². The van der Waals surface area contributed by atoms with Crippen LogP contribution in [-0.4, -0.2) is 81.4 Å². The lowest BCUT2D eigenvalue weighted by molar-refractivity contribution is -0.143. The van der Waals surface area contributed by atoms with Gasteiger partial charge >= 0.3 is 5.97 Å². The van der Waals surface area contributed by atoms with E-state index in [9.17, 15) is 24.3 Å². The third kappa shape index (κ3) is 6.26. The minimum Gasteiger partial charge on any atom is -0.480 e. The maximum Gasteiger partial charge on any atom is 0.328 e. The third-order valence-electron chi connectivity index (χ3n) is 4.81. The number of carbonyl (C=O) groups is 4. The lowest BCUT2D eigenvalue weighted by Crippen LogP contribution is -2.57. The minimum atomic E-state index is -1.55. The number of rotatable bonds is 11. The van der Waals surface area contributed by atoms with Gasteiger partial charge < -0.3 is 42.0 Å². The lowest BCUT2D eigenvalue weighted by atomic mass is 10.0. The van der Waals surface area contributed by atoms with E-state index in [1.807, 2.05) is 24.3 Å². The molecule has 1 heterocycles. The number of aromatic amines is 1. The molecular weight excluding hydrogens is 422 g/mol. The van der Waals surface area contributed by atoms with Gasteiger partial charge in [-0.25, -0.2) is 4.79 Å². The topological polar surface area (TPSA) is 207 Å². The summed E-state index contributed by atoms with van der Waals surface area (Å²) < 4.78 is 0. The molecule has 3 amide bonds. The number of aliphatic carboxylic acids is 1. The third-order valence-corrected chi connectivity index (χ3v) is 4.81. The summed E-state index contributed by atoms with van der Waals surface area (Å²) in [4.78, 5) is 51.4. The number of fused-ring (bicyclic) bond motifs is 1. The SMILES string of the molecule is CC(NC(=O)C(N)CO)C(=O)NC(Cc1c[nH]c2ccccc12)C(=O)NC(CO)C(=O)O.